The molecule has 0 aliphatic rings. The van der Waals surface area contributed by atoms with E-state index in [0.29, 0.717) is 0 Å². The highest BCUT2D eigenvalue weighted by molar-refractivity contribution is 8.00. The van der Waals surface area contributed by atoms with Gasteiger partial charge in [0.2, 0.25) is 9.84 Å². The molecule has 8 nitrogen and oxygen atoms in total. The normalized spacial score (nSPS) is 11.6. The van der Waals surface area contributed by atoms with E-state index >= 15 is 0 Å². The Labute approximate surface area is 189 Å². The Morgan fingerprint density at radius 2 is 1.24 bits per heavy atom. The van der Waals surface area contributed by atoms with E-state index in [9.17, 15) is 36.5 Å². The molecule has 172 valence electrons. The van der Waals surface area contributed by atoms with Gasteiger partial charge in [-0.2, -0.15) is 13.2 Å². The molecule has 0 spiro atoms. The fourth-order valence-corrected chi connectivity index (χ4v) is 4.43. The Kier molecular flexibility index (Phi) is 6.93. The topological polar surface area (TPSA) is 118 Å². The first-order valence-electron chi connectivity index (χ1n) is 8.97. The molecule has 0 aromatic heterocycles. The standard InChI is InChI=1S/C20H14F3N3O5S2/c21-20(22,23)32-16-7-1-13(2-8-16)24-19(27)25-14-3-9-17(10-4-14)33(30,31)18-11-5-15(6-12-18)26(28)29/h1-12H,(H2,24,25,27). The number of thioether (sulfide) groups is 1. The van der Waals surface area contributed by atoms with E-state index in [4.69, 9.17) is 0 Å². The molecule has 0 aliphatic carbocycles. The second kappa shape index (κ2) is 9.50. The zero-order valence-electron chi connectivity index (χ0n) is 16.4. The number of anilines is 2. The summed E-state index contributed by atoms with van der Waals surface area (Å²) in [5.41, 5.74) is -4.13. The van der Waals surface area contributed by atoms with E-state index in [1.807, 2.05) is 0 Å². The van der Waals surface area contributed by atoms with Crippen molar-refractivity contribution in [3.05, 3.63) is 82.9 Å². The molecule has 0 radical (unpaired) electrons. The summed E-state index contributed by atoms with van der Waals surface area (Å²) in [6.45, 7) is 0. The number of hydrogen-bond donors (Lipinski definition) is 2. The number of non-ortho nitro benzene ring substituents is 1. The first-order chi connectivity index (χ1) is 15.4. The van der Waals surface area contributed by atoms with Gasteiger partial charge in [-0.1, -0.05) is 0 Å². The number of sulfone groups is 1. The highest BCUT2D eigenvalue weighted by Crippen LogP contribution is 2.37. The van der Waals surface area contributed by atoms with Gasteiger partial charge in [-0.05, 0) is 72.4 Å². The molecule has 0 bridgehead atoms. The Balaban J connectivity index is 1.64. The Morgan fingerprint density at radius 3 is 1.67 bits per heavy atom. The molecule has 0 heterocycles. The molecule has 0 saturated carbocycles. The van der Waals surface area contributed by atoms with Crippen LogP contribution in [0.15, 0.2) is 87.5 Å². The maximum atomic E-state index is 12.7. The largest absolute Gasteiger partial charge is 0.446 e. The van der Waals surface area contributed by atoms with Gasteiger partial charge in [0.05, 0.1) is 14.7 Å². The summed E-state index contributed by atoms with van der Waals surface area (Å²) in [4.78, 5) is 21.9. The van der Waals surface area contributed by atoms with E-state index in [2.05, 4.69) is 10.6 Å². The summed E-state index contributed by atoms with van der Waals surface area (Å²) >= 11 is -0.273. The van der Waals surface area contributed by atoms with Crippen molar-refractivity contribution in [1.29, 1.82) is 0 Å². The molecular formula is C20H14F3N3O5S2. The van der Waals surface area contributed by atoms with E-state index in [0.717, 1.165) is 24.3 Å². The molecule has 3 aromatic rings. The van der Waals surface area contributed by atoms with E-state index in [1.165, 1.54) is 48.5 Å². The minimum absolute atomic E-state index is 0.0294. The van der Waals surface area contributed by atoms with Gasteiger partial charge in [-0.25, -0.2) is 13.2 Å². The van der Waals surface area contributed by atoms with Gasteiger partial charge < -0.3 is 10.6 Å². The minimum atomic E-state index is -4.41. The molecule has 0 aliphatic heterocycles. The van der Waals surface area contributed by atoms with Gasteiger partial charge in [0, 0.05) is 28.4 Å². The Bertz CT molecular complexity index is 1260. The van der Waals surface area contributed by atoms with Gasteiger partial charge in [0.15, 0.2) is 0 Å². The number of benzene rings is 3. The molecule has 0 saturated heterocycles. The van der Waals surface area contributed by atoms with Gasteiger partial charge in [0.1, 0.15) is 0 Å². The van der Waals surface area contributed by atoms with E-state index < -0.39 is 26.3 Å². The van der Waals surface area contributed by atoms with Crippen LogP contribution in [0.25, 0.3) is 0 Å². The third-order valence-electron chi connectivity index (χ3n) is 4.13. The SMILES string of the molecule is O=C(Nc1ccc(SC(F)(F)F)cc1)Nc1ccc(S(=O)(=O)c2ccc([N+](=O)[O-])cc2)cc1. The van der Waals surface area contributed by atoms with Crippen molar-refractivity contribution < 1.29 is 31.3 Å². The number of carbonyl (C=O) groups excluding carboxylic acids is 1. The fraction of sp³-hybridized carbons (Fsp3) is 0.0500. The van der Waals surface area contributed by atoms with Gasteiger partial charge in [0.25, 0.3) is 5.69 Å². The lowest BCUT2D eigenvalue weighted by molar-refractivity contribution is -0.384. The molecule has 13 heteroatoms. The Morgan fingerprint density at radius 1 is 0.818 bits per heavy atom. The second-order valence-electron chi connectivity index (χ2n) is 6.43. The molecule has 2 N–H and O–H groups in total. The molecule has 0 atom stereocenters. The van der Waals surface area contributed by atoms with Crippen molar-refractivity contribution in [3.8, 4) is 0 Å². The van der Waals surface area contributed by atoms with Crippen molar-refractivity contribution >= 4 is 44.7 Å². The summed E-state index contributed by atoms with van der Waals surface area (Å²) in [7, 11) is -3.93. The third-order valence-corrected chi connectivity index (χ3v) is 6.65. The average molecular weight is 497 g/mol. The van der Waals surface area contributed by atoms with Crippen molar-refractivity contribution in [2.24, 2.45) is 0 Å². The summed E-state index contributed by atoms with van der Waals surface area (Å²) < 4.78 is 62.4. The van der Waals surface area contributed by atoms with Crippen molar-refractivity contribution in [2.45, 2.75) is 20.2 Å². The number of rotatable bonds is 6. The first-order valence-corrected chi connectivity index (χ1v) is 11.3. The summed E-state index contributed by atoms with van der Waals surface area (Å²) in [6, 6.07) is 14.0. The first kappa shape index (κ1) is 24.1. The molecule has 3 aromatic carbocycles. The quantitative estimate of drug-likeness (QED) is 0.257. The smallest absolute Gasteiger partial charge is 0.308 e. The van der Waals surface area contributed by atoms with Crippen LogP contribution in [-0.4, -0.2) is 24.9 Å². The van der Waals surface area contributed by atoms with Crippen LogP contribution >= 0.6 is 11.8 Å². The third kappa shape index (κ3) is 6.46. The highest BCUT2D eigenvalue weighted by atomic mass is 32.2. The number of alkyl halides is 3. The van der Waals surface area contributed by atoms with Crippen molar-refractivity contribution in [2.75, 3.05) is 10.6 Å². The monoisotopic (exact) mass is 497 g/mol. The zero-order chi connectivity index (χ0) is 24.2. The van der Waals surface area contributed by atoms with Crippen molar-refractivity contribution in [1.82, 2.24) is 0 Å². The lowest BCUT2D eigenvalue weighted by Gasteiger charge is -2.10. The fourth-order valence-electron chi connectivity index (χ4n) is 2.63. The maximum absolute atomic E-state index is 12.7. The van der Waals surface area contributed by atoms with Crippen LogP contribution in [0.5, 0.6) is 0 Å². The number of hydrogen-bond acceptors (Lipinski definition) is 6. The molecular weight excluding hydrogens is 483 g/mol. The number of nitro groups is 1. The van der Waals surface area contributed by atoms with Crippen LogP contribution in [0.1, 0.15) is 0 Å². The van der Waals surface area contributed by atoms with Crippen LogP contribution in [-0.2, 0) is 9.84 Å². The van der Waals surface area contributed by atoms with Gasteiger partial charge in [-0.3, -0.25) is 10.1 Å². The van der Waals surface area contributed by atoms with Crippen LogP contribution in [0.3, 0.4) is 0 Å². The number of nitro benzene ring substituents is 1. The van der Waals surface area contributed by atoms with Crippen molar-refractivity contribution in [3.63, 3.8) is 0 Å². The molecule has 33 heavy (non-hydrogen) atoms. The molecule has 3 rings (SSSR count). The number of nitrogens with one attached hydrogen (secondary N) is 2. The average Bonchev–Trinajstić information content (AvgIpc) is 2.74. The predicted molar refractivity (Wildman–Crippen MR) is 116 cm³/mol. The lowest BCUT2D eigenvalue weighted by Crippen LogP contribution is -2.19. The lowest BCUT2D eigenvalue weighted by atomic mass is 10.3. The number of nitrogens with zero attached hydrogens (tertiary/aromatic N) is 1. The Hall–Kier alpha value is -3.58. The molecule has 0 unspecified atom stereocenters. The number of carbonyl (C=O) groups is 1. The minimum Gasteiger partial charge on any atom is -0.308 e. The van der Waals surface area contributed by atoms with Crippen LogP contribution in [0.4, 0.5) is 35.0 Å². The maximum Gasteiger partial charge on any atom is 0.446 e. The summed E-state index contributed by atoms with van der Waals surface area (Å²) in [5, 5.41) is 15.6. The zero-order valence-corrected chi connectivity index (χ0v) is 18.0. The summed E-state index contributed by atoms with van der Waals surface area (Å²) in [5.74, 6) is 0. The molecule has 0 fully saturated rings. The van der Waals surface area contributed by atoms with E-state index in [-0.39, 0.29) is 43.5 Å². The number of amides is 2. The van der Waals surface area contributed by atoms with Gasteiger partial charge >= 0.3 is 11.5 Å². The number of halogens is 3. The number of urea groups is 1. The van der Waals surface area contributed by atoms with Crippen LogP contribution in [0, 0.1) is 10.1 Å². The van der Waals surface area contributed by atoms with E-state index in [1.54, 1.807) is 0 Å². The van der Waals surface area contributed by atoms with Crippen LogP contribution < -0.4 is 10.6 Å². The summed E-state index contributed by atoms with van der Waals surface area (Å²) in [6.07, 6.45) is 0. The highest BCUT2D eigenvalue weighted by Gasteiger charge is 2.29. The molecule has 2 amide bonds. The second-order valence-corrected chi connectivity index (χ2v) is 9.52. The van der Waals surface area contributed by atoms with Crippen LogP contribution in [0.2, 0.25) is 0 Å². The van der Waals surface area contributed by atoms with Gasteiger partial charge in [-0.15, -0.1) is 0 Å². The predicted octanol–water partition coefficient (Wildman–Crippen LogP) is 5.68.